The molecule has 1 aliphatic heterocycles. The number of para-hydroxylation sites is 1. The summed E-state index contributed by atoms with van der Waals surface area (Å²) >= 11 is 0. The van der Waals surface area contributed by atoms with E-state index in [1.165, 1.54) is 0 Å². The summed E-state index contributed by atoms with van der Waals surface area (Å²) in [5.74, 6) is 0.813. The lowest BCUT2D eigenvalue weighted by molar-refractivity contribution is 0.129. The van der Waals surface area contributed by atoms with Gasteiger partial charge in [-0.25, -0.2) is 4.79 Å². The summed E-state index contributed by atoms with van der Waals surface area (Å²) in [5, 5.41) is 3.00. The van der Waals surface area contributed by atoms with E-state index in [-0.39, 0.29) is 17.7 Å². The first kappa shape index (κ1) is 17.6. The van der Waals surface area contributed by atoms with Gasteiger partial charge in [-0.3, -0.25) is 0 Å². The lowest BCUT2D eigenvalue weighted by atomic mass is 10.1. The van der Waals surface area contributed by atoms with Crippen molar-refractivity contribution >= 4 is 6.03 Å². The first-order valence-corrected chi connectivity index (χ1v) is 8.26. The Bertz CT molecular complexity index is 525. The van der Waals surface area contributed by atoms with Crippen LogP contribution in [-0.4, -0.2) is 42.3 Å². The number of hydrogen-bond acceptors (Lipinski definition) is 3. The van der Waals surface area contributed by atoms with Crippen molar-refractivity contribution in [1.82, 2.24) is 10.2 Å². The second-order valence-corrected chi connectivity index (χ2v) is 6.92. The molecule has 1 fully saturated rings. The molecule has 1 heterocycles. The number of urea groups is 1. The van der Waals surface area contributed by atoms with Gasteiger partial charge in [0.25, 0.3) is 0 Å². The van der Waals surface area contributed by atoms with Crippen molar-refractivity contribution in [1.29, 1.82) is 0 Å². The number of carbonyl (C=O) groups excluding carboxylic acids is 1. The fourth-order valence-electron chi connectivity index (χ4n) is 2.55. The van der Waals surface area contributed by atoms with Crippen LogP contribution in [0.15, 0.2) is 24.3 Å². The molecule has 0 spiro atoms. The number of ether oxygens (including phenoxy) is 2. The van der Waals surface area contributed by atoms with E-state index in [1.807, 2.05) is 49.9 Å². The van der Waals surface area contributed by atoms with Gasteiger partial charge in [0.05, 0.1) is 6.61 Å². The SMILES string of the molecule is CC1CCOCCN1C(=O)NCc1ccccc1OC(C)(C)C. The minimum atomic E-state index is -0.267. The van der Waals surface area contributed by atoms with Gasteiger partial charge in [0, 0.05) is 31.3 Å². The molecular formula is C18H28N2O3. The molecule has 0 aliphatic carbocycles. The highest BCUT2D eigenvalue weighted by Gasteiger charge is 2.22. The molecule has 1 atom stereocenters. The van der Waals surface area contributed by atoms with E-state index in [9.17, 15) is 4.79 Å². The van der Waals surface area contributed by atoms with Crippen LogP contribution in [0, 0.1) is 0 Å². The van der Waals surface area contributed by atoms with Crippen molar-refractivity contribution in [3.63, 3.8) is 0 Å². The van der Waals surface area contributed by atoms with Crippen LogP contribution in [0.1, 0.15) is 39.7 Å². The Morgan fingerprint density at radius 2 is 2.09 bits per heavy atom. The normalized spacial score (nSPS) is 19.1. The van der Waals surface area contributed by atoms with Crippen LogP contribution in [0.25, 0.3) is 0 Å². The monoisotopic (exact) mass is 320 g/mol. The fraction of sp³-hybridized carbons (Fsp3) is 0.611. The molecule has 5 nitrogen and oxygen atoms in total. The lowest BCUT2D eigenvalue weighted by Crippen LogP contribution is -2.45. The summed E-state index contributed by atoms with van der Waals surface area (Å²) in [6, 6.07) is 7.97. The van der Waals surface area contributed by atoms with E-state index < -0.39 is 0 Å². The fourth-order valence-corrected chi connectivity index (χ4v) is 2.55. The van der Waals surface area contributed by atoms with Gasteiger partial charge in [0.1, 0.15) is 11.4 Å². The van der Waals surface area contributed by atoms with Crippen LogP contribution in [0.4, 0.5) is 4.79 Å². The molecule has 2 amide bonds. The van der Waals surface area contributed by atoms with Crippen LogP contribution in [0.2, 0.25) is 0 Å². The average molecular weight is 320 g/mol. The molecule has 1 saturated heterocycles. The number of benzene rings is 1. The summed E-state index contributed by atoms with van der Waals surface area (Å²) in [6.07, 6.45) is 0.872. The summed E-state index contributed by atoms with van der Waals surface area (Å²) in [5.41, 5.74) is 0.714. The Morgan fingerprint density at radius 3 is 2.83 bits per heavy atom. The van der Waals surface area contributed by atoms with Crippen molar-refractivity contribution in [3.8, 4) is 5.75 Å². The van der Waals surface area contributed by atoms with Crippen LogP contribution in [0.3, 0.4) is 0 Å². The van der Waals surface area contributed by atoms with Crippen molar-refractivity contribution < 1.29 is 14.3 Å². The standard InChI is InChI=1S/C18H28N2O3/c1-14-9-11-22-12-10-20(14)17(21)19-13-15-7-5-6-8-16(15)23-18(2,3)4/h5-8,14H,9-13H2,1-4H3,(H,19,21). The molecule has 1 aromatic rings. The van der Waals surface area contributed by atoms with Crippen LogP contribution in [0.5, 0.6) is 5.75 Å². The molecule has 0 saturated carbocycles. The van der Waals surface area contributed by atoms with Gasteiger partial charge in [-0.15, -0.1) is 0 Å². The Labute approximate surface area is 139 Å². The number of carbonyl (C=O) groups is 1. The van der Waals surface area contributed by atoms with E-state index in [0.29, 0.717) is 26.3 Å². The molecule has 0 radical (unpaired) electrons. The minimum Gasteiger partial charge on any atom is -0.488 e. The quantitative estimate of drug-likeness (QED) is 0.930. The van der Waals surface area contributed by atoms with E-state index in [4.69, 9.17) is 9.47 Å². The largest absolute Gasteiger partial charge is 0.488 e. The first-order valence-electron chi connectivity index (χ1n) is 8.26. The number of amides is 2. The van der Waals surface area contributed by atoms with Crippen molar-refractivity contribution in [3.05, 3.63) is 29.8 Å². The van der Waals surface area contributed by atoms with Gasteiger partial charge < -0.3 is 19.7 Å². The zero-order valence-electron chi connectivity index (χ0n) is 14.6. The van der Waals surface area contributed by atoms with Gasteiger partial charge in [-0.1, -0.05) is 18.2 Å². The van der Waals surface area contributed by atoms with Crippen molar-refractivity contribution in [2.75, 3.05) is 19.8 Å². The van der Waals surface area contributed by atoms with Crippen molar-refractivity contribution in [2.45, 2.75) is 52.3 Å². The molecule has 0 aromatic heterocycles. The molecule has 23 heavy (non-hydrogen) atoms. The average Bonchev–Trinajstić information content (AvgIpc) is 2.69. The maximum Gasteiger partial charge on any atom is 0.317 e. The maximum atomic E-state index is 12.4. The molecule has 1 aliphatic rings. The number of rotatable bonds is 3. The summed E-state index contributed by atoms with van der Waals surface area (Å²) in [7, 11) is 0. The van der Waals surface area contributed by atoms with Gasteiger partial charge in [-0.2, -0.15) is 0 Å². The highest BCUT2D eigenvalue weighted by Crippen LogP contribution is 2.23. The third-order valence-corrected chi connectivity index (χ3v) is 3.77. The van der Waals surface area contributed by atoms with Gasteiger partial charge in [-0.05, 0) is 40.2 Å². The van der Waals surface area contributed by atoms with Crippen molar-refractivity contribution in [2.24, 2.45) is 0 Å². The van der Waals surface area contributed by atoms with Crippen LogP contribution in [-0.2, 0) is 11.3 Å². The predicted molar refractivity (Wildman–Crippen MR) is 90.7 cm³/mol. The summed E-state index contributed by atoms with van der Waals surface area (Å²) in [4.78, 5) is 14.3. The highest BCUT2D eigenvalue weighted by atomic mass is 16.5. The molecule has 5 heteroatoms. The first-order chi connectivity index (χ1) is 10.9. The highest BCUT2D eigenvalue weighted by molar-refractivity contribution is 5.74. The molecule has 1 N–H and O–H groups in total. The van der Waals surface area contributed by atoms with Crippen LogP contribution >= 0.6 is 0 Å². The van der Waals surface area contributed by atoms with E-state index in [0.717, 1.165) is 17.7 Å². The molecule has 1 aromatic carbocycles. The zero-order valence-corrected chi connectivity index (χ0v) is 14.6. The van der Waals surface area contributed by atoms with E-state index >= 15 is 0 Å². The summed E-state index contributed by atoms with van der Waals surface area (Å²) in [6.45, 7) is 10.5. The van der Waals surface area contributed by atoms with Crippen LogP contribution < -0.4 is 10.1 Å². The van der Waals surface area contributed by atoms with Gasteiger partial charge in [0.15, 0.2) is 0 Å². The molecule has 0 bridgehead atoms. The van der Waals surface area contributed by atoms with E-state index in [2.05, 4.69) is 12.2 Å². The number of nitrogens with one attached hydrogen (secondary N) is 1. The Hall–Kier alpha value is -1.75. The molecule has 128 valence electrons. The third kappa shape index (κ3) is 5.43. The second-order valence-electron chi connectivity index (χ2n) is 6.92. The molecule has 1 unspecified atom stereocenters. The topological polar surface area (TPSA) is 50.8 Å². The van der Waals surface area contributed by atoms with Gasteiger partial charge in [0.2, 0.25) is 0 Å². The minimum absolute atomic E-state index is 0.0476. The maximum absolute atomic E-state index is 12.4. The smallest absolute Gasteiger partial charge is 0.317 e. The molecule has 2 rings (SSSR count). The zero-order chi connectivity index (χ0) is 16.9. The number of nitrogens with zero attached hydrogens (tertiary/aromatic N) is 1. The summed E-state index contributed by atoms with van der Waals surface area (Å²) < 4.78 is 11.4. The third-order valence-electron chi connectivity index (χ3n) is 3.77. The number of hydrogen-bond donors (Lipinski definition) is 1. The Morgan fingerprint density at radius 1 is 1.35 bits per heavy atom. The Kier molecular flexibility index (Phi) is 5.88. The predicted octanol–water partition coefficient (Wildman–Crippen LogP) is 3.18. The second kappa shape index (κ2) is 7.68. The molecular weight excluding hydrogens is 292 g/mol. The van der Waals surface area contributed by atoms with E-state index in [1.54, 1.807) is 0 Å². The lowest BCUT2D eigenvalue weighted by Gasteiger charge is -2.27. The Balaban J connectivity index is 1.98. The van der Waals surface area contributed by atoms with Gasteiger partial charge >= 0.3 is 6.03 Å².